The molecule has 6 atom stereocenters. The summed E-state index contributed by atoms with van der Waals surface area (Å²) in [6.45, 7) is 11.9. The number of aliphatic hydroxyl groups is 1. The number of carbonyl (C=O) groups excluding carboxylic acids is 4. The highest BCUT2D eigenvalue weighted by atomic mass is 31.2. The molecule has 0 fully saturated rings. The van der Waals surface area contributed by atoms with Crippen molar-refractivity contribution in [1.82, 2.24) is 0 Å². The van der Waals surface area contributed by atoms with Crippen LogP contribution in [0.25, 0.3) is 0 Å². The van der Waals surface area contributed by atoms with Crippen molar-refractivity contribution in [2.45, 2.75) is 420 Å². The summed E-state index contributed by atoms with van der Waals surface area (Å²) in [6, 6.07) is 0. The molecule has 0 aromatic carbocycles. The molecule has 0 rings (SSSR count). The van der Waals surface area contributed by atoms with Crippen LogP contribution in [0.4, 0.5) is 0 Å². The lowest BCUT2D eigenvalue weighted by Gasteiger charge is -2.21. The highest BCUT2D eigenvalue weighted by Crippen LogP contribution is 2.45. The topological polar surface area (TPSA) is 237 Å². The lowest BCUT2D eigenvalue weighted by Crippen LogP contribution is -2.30. The first kappa shape index (κ1) is 95.1. The third-order valence-corrected chi connectivity index (χ3v) is 20.4. The summed E-state index contributed by atoms with van der Waals surface area (Å²) in [5.74, 6) is 0.180. The number of carbonyl (C=O) groups is 4. The zero-order chi connectivity index (χ0) is 71.6. The number of ether oxygens (including phenoxy) is 4. The van der Waals surface area contributed by atoms with Crippen molar-refractivity contribution in [1.29, 1.82) is 0 Å². The first-order valence-electron chi connectivity index (χ1n) is 40.4. The summed E-state index contributed by atoms with van der Waals surface area (Å²) >= 11 is 0. The fraction of sp³-hybridized carbons (Fsp3) is 0.949. The highest BCUT2D eigenvalue weighted by molar-refractivity contribution is 7.47. The maximum absolute atomic E-state index is 13.1. The molecular weight excluding hydrogens is 1270 g/mol. The molecule has 0 aromatic heterocycles. The molecule has 17 nitrogen and oxygen atoms in total. The van der Waals surface area contributed by atoms with E-state index in [0.717, 1.165) is 108 Å². The lowest BCUT2D eigenvalue weighted by atomic mass is 9.99. The molecule has 0 bridgehead atoms. The number of unbranched alkanes of at least 4 members (excludes halogenated alkanes) is 43. The van der Waals surface area contributed by atoms with E-state index in [9.17, 15) is 43.2 Å². The molecule has 0 amide bonds. The zero-order valence-corrected chi connectivity index (χ0v) is 65.3. The van der Waals surface area contributed by atoms with E-state index in [0.29, 0.717) is 25.7 Å². The summed E-state index contributed by atoms with van der Waals surface area (Å²) in [7, 11) is -9.92. The molecule has 0 aromatic rings. The van der Waals surface area contributed by atoms with Gasteiger partial charge in [-0.05, 0) is 43.4 Å². The normalized spacial score (nSPS) is 14.3. The largest absolute Gasteiger partial charge is 0.472 e. The summed E-state index contributed by atoms with van der Waals surface area (Å²) < 4.78 is 68.6. The number of esters is 4. The van der Waals surface area contributed by atoms with Gasteiger partial charge in [0.1, 0.15) is 19.3 Å². The Labute approximate surface area is 594 Å². The maximum atomic E-state index is 13.1. The van der Waals surface area contributed by atoms with E-state index < -0.39 is 97.5 Å². The minimum absolute atomic E-state index is 0.105. The van der Waals surface area contributed by atoms with Crippen LogP contribution in [0.2, 0.25) is 0 Å². The van der Waals surface area contributed by atoms with Crippen molar-refractivity contribution in [2.24, 2.45) is 17.8 Å². The number of hydrogen-bond acceptors (Lipinski definition) is 15. The summed E-state index contributed by atoms with van der Waals surface area (Å²) in [5, 5.41) is 10.6. The Morgan fingerprint density at radius 2 is 0.526 bits per heavy atom. The predicted octanol–water partition coefficient (Wildman–Crippen LogP) is 23.0. The number of rotatable bonds is 76. The molecule has 0 spiro atoms. The fourth-order valence-corrected chi connectivity index (χ4v) is 13.5. The Balaban J connectivity index is 5.26. The van der Waals surface area contributed by atoms with Crippen LogP contribution in [0.15, 0.2) is 0 Å². The van der Waals surface area contributed by atoms with Crippen LogP contribution in [-0.4, -0.2) is 96.7 Å². The van der Waals surface area contributed by atoms with Gasteiger partial charge in [0, 0.05) is 25.7 Å². The van der Waals surface area contributed by atoms with Gasteiger partial charge in [-0.3, -0.25) is 37.3 Å². The molecule has 576 valence electrons. The Morgan fingerprint density at radius 1 is 0.299 bits per heavy atom. The minimum atomic E-state index is -4.96. The van der Waals surface area contributed by atoms with Gasteiger partial charge in [-0.15, -0.1) is 0 Å². The molecule has 0 aliphatic carbocycles. The fourth-order valence-electron chi connectivity index (χ4n) is 11.9. The van der Waals surface area contributed by atoms with Gasteiger partial charge in [0.2, 0.25) is 0 Å². The third kappa shape index (κ3) is 70.9. The average Bonchev–Trinajstić information content (AvgIpc) is 1.37. The van der Waals surface area contributed by atoms with E-state index in [4.69, 9.17) is 37.0 Å². The van der Waals surface area contributed by atoms with Crippen molar-refractivity contribution >= 4 is 39.5 Å². The quantitative estimate of drug-likeness (QED) is 0.0222. The maximum Gasteiger partial charge on any atom is 0.472 e. The van der Waals surface area contributed by atoms with Crippen LogP contribution in [-0.2, 0) is 65.4 Å². The number of aliphatic hydroxyl groups excluding tert-OH is 1. The number of hydrogen-bond donors (Lipinski definition) is 3. The average molecular weight is 1420 g/mol. The van der Waals surface area contributed by atoms with E-state index in [1.165, 1.54) is 212 Å². The highest BCUT2D eigenvalue weighted by Gasteiger charge is 2.30. The Morgan fingerprint density at radius 3 is 0.784 bits per heavy atom. The second-order valence-electron chi connectivity index (χ2n) is 29.3. The van der Waals surface area contributed by atoms with E-state index in [1.807, 2.05) is 0 Å². The van der Waals surface area contributed by atoms with Crippen molar-refractivity contribution in [3.63, 3.8) is 0 Å². The van der Waals surface area contributed by atoms with E-state index in [-0.39, 0.29) is 25.7 Å². The van der Waals surface area contributed by atoms with Crippen LogP contribution in [0.1, 0.15) is 402 Å². The monoisotopic (exact) mass is 1420 g/mol. The van der Waals surface area contributed by atoms with Crippen LogP contribution < -0.4 is 0 Å². The summed E-state index contributed by atoms with van der Waals surface area (Å²) in [5.41, 5.74) is 0. The van der Waals surface area contributed by atoms with Crippen LogP contribution >= 0.6 is 15.6 Å². The van der Waals surface area contributed by atoms with Gasteiger partial charge in [0.15, 0.2) is 12.2 Å². The molecule has 0 aliphatic rings. The molecule has 0 saturated carbocycles. The molecule has 3 N–H and O–H groups in total. The Bertz CT molecular complexity index is 1890. The van der Waals surface area contributed by atoms with Crippen LogP contribution in [0.5, 0.6) is 0 Å². The Kier molecular flexibility index (Phi) is 67.1. The minimum Gasteiger partial charge on any atom is -0.462 e. The van der Waals surface area contributed by atoms with Gasteiger partial charge in [0.25, 0.3) is 0 Å². The van der Waals surface area contributed by atoms with Gasteiger partial charge >= 0.3 is 39.5 Å². The summed E-state index contributed by atoms with van der Waals surface area (Å²) in [4.78, 5) is 72.9. The molecular formula is C78H152O17P2. The van der Waals surface area contributed by atoms with E-state index in [1.54, 1.807) is 0 Å². The Hall–Kier alpha value is -1.94. The van der Waals surface area contributed by atoms with Gasteiger partial charge in [-0.25, -0.2) is 9.13 Å². The van der Waals surface area contributed by atoms with Crippen LogP contribution in [0.3, 0.4) is 0 Å². The van der Waals surface area contributed by atoms with E-state index in [2.05, 4.69) is 48.5 Å². The molecule has 19 heteroatoms. The summed E-state index contributed by atoms with van der Waals surface area (Å²) in [6.07, 6.45) is 55.4. The van der Waals surface area contributed by atoms with Crippen molar-refractivity contribution in [3.05, 3.63) is 0 Å². The van der Waals surface area contributed by atoms with Gasteiger partial charge in [0.05, 0.1) is 26.4 Å². The second-order valence-corrected chi connectivity index (χ2v) is 32.2. The van der Waals surface area contributed by atoms with Crippen molar-refractivity contribution in [2.75, 3.05) is 39.6 Å². The van der Waals surface area contributed by atoms with Crippen LogP contribution in [0, 0.1) is 17.8 Å². The lowest BCUT2D eigenvalue weighted by molar-refractivity contribution is -0.161. The molecule has 3 unspecified atom stereocenters. The third-order valence-electron chi connectivity index (χ3n) is 18.5. The van der Waals surface area contributed by atoms with Gasteiger partial charge in [-0.1, -0.05) is 350 Å². The molecule has 0 aliphatic heterocycles. The number of phosphoric acid groups is 2. The molecule has 0 heterocycles. The van der Waals surface area contributed by atoms with Gasteiger partial charge < -0.3 is 33.8 Å². The van der Waals surface area contributed by atoms with Crippen molar-refractivity contribution < 1.29 is 80.2 Å². The molecule has 0 radical (unpaired) electrons. The SMILES string of the molecule is CCCCCCCCCCCCCCCCCCCCC(=O)O[C@H](COC(=O)CCCCCCCCCCCCCCC(C)C)COP(=O)(O)OC[C@@H](O)COP(=O)(O)OC[C@@H](COC(=O)CCCCCCCCCCC(C)CC)OC(=O)CCCCCCCCCCCC(C)C. The molecule has 0 saturated heterocycles. The smallest absolute Gasteiger partial charge is 0.462 e. The first-order chi connectivity index (χ1) is 46.8. The van der Waals surface area contributed by atoms with Gasteiger partial charge in [-0.2, -0.15) is 0 Å². The second kappa shape index (κ2) is 68.5. The molecule has 97 heavy (non-hydrogen) atoms. The van der Waals surface area contributed by atoms with Crippen molar-refractivity contribution in [3.8, 4) is 0 Å². The zero-order valence-electron chi connectivity index (χ0n) is 63.5. The predicted molar refractivity (Wildman–Crippen MR) is 395 cm³/mol. The number of phosphoric ester groups is 2. The van der Waals surface area contributed by atoms with E-state index >= 15 is 0 Å². The first-order valence-corrected chi connectivity index (χ1v) is 43.4. The standard InChI is InChI=1S/C78H152O17P2/c1-8-10-11-12-13-14-15-16-17-18-19-20-21-26-31-40-47-54-61-77(82)94-73(65-88-75(80)59-52-45-38-30-25-23-22-24-28-35-42-49-56-69(3)4)67-92-96(84,85)90-63-72(79)64-91-97(86,87)93-68-74(95-78(83)62-55-48-41-32-27-29-36-43-50-57-70(5)6)66-89-76(81)60-53-46-39-34-33-37-44-51-58-71(7)9-2/h69-74,79H,8-68H2,1-7H3,(H,84,85)(H,86,87)/t71?,72-,73-,74-/m1/s1.